The van der Waals surface area contributed by atoms with Crippen LogP contribution >= 0.6 is 0 Å². The van der Waals surface area contributed by atoms with Crippen LogP contribution in [0.25, 0.3) is 10.9 Å². The largest absolute Gasteiger partial charge is 0.494 e. The molecule has 146 valence electrons. The van der Waals surface area contributed by atoms with Crippen molar-refractivity contribution in [3.05, 3.63) is 29.8 Å². The van der Waals surface area contributed by atoms with Gasteiger partial charge in [-0.2, -0.15) is 0 Å². The number of aliphatic hydroxyl groups is 1. The molecule has 27 heavy (non-hydrogen) atoms. The highest BCUT2D eigenvalue weighted by molar-refractivity contribution is 5.88. The van der Waals surface area contributed by atoms with Gasteiger partial charge in [0.25, 0.3) is 0 Å². The predicted octanol–water partition coefficient (Wildman–Crippen LogP) is 3.37. The number of benzene rings is 1. The van der Waals surface area contributed by atoms with Crippen molar-refractivity contribution in [2.75, 3.05) is 38.2 Å². The molecule has 3 heterocycles. The molecule has 4 rings (SSSR count). The SMILES string of the molecule is COc1cccc2c(C)cc(N3CC[C@H](N4CCCCCC4)[C@@H](O)C3)nc12. The molecule has 5 heteroatoms. The number of likely N-dealkylation sites (tertiary alicyclic amines) is 1. The second-order valence-electron chi connectivity index (χ2n) is 7.97. The van der Waals surface area contributed by atoms with E-state index < -0.39 is 0 Å². The maximum Gasteiger partial charge on any atom is 0.145 e. The van der Waals surface area contributed by atoms with E-state index >= 15 is 0 Å². The van der Waals surface area contributed by atoms with Gasteiger partial charge in [-0.15, -0.1) is 0 Å². The van der Waals surface area contributed by atoms with Gasteiger partial charge in [0, 0.05) is 24.5 Å². The topological polar surface area (TPSA) is 48.8 Å². The monoisotopic (exact) mass is 369 g/mol. The number of nitrogens with zero attached hydrogens (tertiary/aromatic N) is 3. The molecule has 5 nitrogen and oxygen atoms in total. The van der Waals surface area contributed by atoms with E-state index in [1.807, 2.05) is 12.1 Å². The van der Waals surface area contributed by atoms with Gasteiger partial charge in [-0.25, -0.2) is 4.98 Å². The fourth-order valence-electron chi connectivity index (χ4n) is 4.68. The number of aryl methyl sites for hydroxylation is 1. The summed E-state index contributed by atoms with van der Waals surface area (Å²) >= 11 is 0. The third kappa shape index (κ3) is 3.76. The summed E-state index contributed by atoms with van der Waals surface area (Å²) in [6.45, 7) is 5.96. The van der Waals surface area contributed by atoms with Crippen molar-refractivity contribution in [2.45, 2.75) is 51.2 Å². The molecule has 0 bridgehead atoms. The summed E-state index contributed by atoms with van der Waals surface area (Å²) in [7, 11) is 1.69. The third-order valence-electron chi connectivity index (χ3n) is 6.20. The number of pyridine rings is 1. The highest BCUT2D eigenvalue weighted by Gasteiger charge is 2.33. The number of hydrogen-bond donors (Lipinski definition) is 1. The zero-order chi connectivity index (χ0) is 18.8. The summed E-state index contributed by atoms with van der Waals surface area (Å²) in [5, 5.41) is 12.0. The molecule has 0 radical (unpaired) electrons. The number of ether oxygens (including phenoxy) is 1. The van der Waals surface area contributed by atoms with Gasteiger partial charge in [0.05, 0.1) is 13.2 Å². The summed E-state index contributed by atoms with van der Waals surface area (Å²) in [6.07, 6.45) is 5.84. The lowest BCUT2D eigenvalue weighted by atomic mass is 9.99. The van der Waals surface area contributed by atoms with E-state index in [4.69, 9.17) is 9.72 Å². The smallest absolute Gasteiger partial charge is 0.145 e. The molecule has 2 atom stereocenters. The fourth-order valence-corrected chi connectivity index (χ4v) is 4.68. The van der Waals surface area contributed by atoms with Gasteiger partial charge >= 0.3 is 0 Å². The zero-order valence-corrected chi connectivity index (χ0v) is 16.5. The lowest BCUT2D eigenvalue weighted by Crippen LogP contribution is -2.54. The second-order valence-corrected chi connectivity index (χ2v) is 7.97. The van der Waals surface area contributed by atoms with Crippen molar-refractivity contribution < 1.29 is 9.84 Å². The second kappa shape index (κ2) is 8.03. The predicted molar refractivity (Wildman–Crippen MR) is 110 cm³/mol. The normalized spacial score (nSPS) is 24.8. The van der Waals surface area contributed by atoms with Gasteiger partial charge in [0.15, 0.2) is 0 Å². The lowest BCUT2D eigenvalue weighted by molar-refractivity contribution is 0.0383. The summed E-state index contributed by atoms with van der Waals surface area (Å²) in [6, 6.07) is 8.48. The Morgan fingerprint density at radius 3 is 2.59 bits per heavy atom. The Morgan fingerprint density at radius 1 is 1.11 bits per heavy atom. The number of aromatic nitrogens is 1. The first-order chi connectivity index (χ1) is 13.2. The van der Waals surface area contributed by atoms with Crippen LogP contribution in [0.15, 0.2) is 24.3 Å². The molecule has 2 fully saturated rings. The van der Waals surface area contributed by atoms with Crippen LogP contribution in [-0.2, 0) is 0 Å². The van der Waals surface area contributed by atoms with Gasteiger partial charge in [0.1, 0.15) is 17.1 Å². The lowest BCUT2D eigenvalue weighted by Gasteiger charge is -2.42. The number of aliphatic hydroxyl groups excluding tert-OH is 1. The number of hydrogen-bond acceptors (Lipinski definition) is 5. The quantitative estimate of drug-likeness (QED) is 0.899. The standard InChI is InChI=1S/C22H31N3O2/c1-16-14-21(23-22-17(16)8-7-9-20(22)27-2)25-13-10-18(19(26)15-25)24-11-5-3-4-6-12-24/h7-9,14,18-19,26H,3-6,10-13,15H2,1-2H3/t18-,19-/m0/s1. The van der Waals surface area contributed by atoms with E-state index in [-0.39, 0.29) is 12.1 Å². The Balaban J connectivity index is 1.55. The third-order valence-corrected chi connectivity index (χ3v) is 6.20. The number of para-hydroxylation sites is 1. The minimum absolute atomic E-state index is 0.287. The van der Waals surface area contributed by atoms with Gasteiger partial charge in [-0.3, -0.25) is 4.90 Å². The number of fused-ring (bicyclic) bond motifs is 1. The van der Waals surface area contributed by atoms with E-state index in [0.29, 0.717) is 6.54 Å². The number of anilines is 1. The Hall–Kier alpha value is -1.85. The molecular formula is C22H31N3O2. The van der Waals surface area contributed by atoms with Crippen molar-refractivity contribution in [3.63, 3.8) is 0 Å². The maximum atomic E-state index is 10.9. The number of piperidine rings is 1. The van der Waals surface area contributed by atoms with Crippen LogP contribution in [0.4, 0.5) is 5.82 Å². The van der Waals surface area contributed by atoms with E-state index in [9.17, 15) is 5.11 Å². The zero-order valence-electron chi connectivity index (χ0n) is 16.5. The first-order valence-corrected chi connectivity index (χ1v) is 10.3. The van der Waals surface area contributed by atoms with Gasteiger partial charge in [0.2, 0.25) is 0 Å². The first-order valence-electron chi connectivity index (χ1n) is 10.3. The molecular weight excluding hydrogens is 338 g/mol. The van der Waals surface area contributed by atoms with Crippen LogP contribution in [0, 0.1) is 6.92 Å². The number of rotatable bonds is 3. The summed E-state index contributed by atoms with van der Waals surface area (Å²) in [5.74, 6) is 1.75. The van der Waals surface area contributed by atoms with Crippen LogP contribution in [0.1, 0.15) is 37.7 Å². The minimum atomic E-state index is -0.327. The van der Waals surface area contributed by atoms with E-state index in [1.54, 1.807) is 7.11 Å². The van der Waals surface area contributed by atoms with E-state index in [2.05, 4.69) is 28.9 Å². The minimum Gasteiger partial charge on any atom is -0.494 e. The molecule has 0 saturated carbocycles. The van der Waals surface area contributed by atoms with Crippen LogP contribution in [0.5, 0.6) is 5.75 Å². The molecule has 2 saturated heterocycles. The Bertz CT molecular complexity index is 786. The Kier molecular flexibility index (Phi) is 5.50. The molecule has 1 N–H and O–H groups in total. The van der Waals surface area contributed by atoms with Gasteiger partial charge in [-0.1, -0.05) is 25.0 Å². The maximum absolute atomic E-state index is 10.9. The molecule has 0 aliphatic carbocycles. The van der Waals surface area contributed by atoms with Gasteiger partial charge < -0.3 is 14.7 Å². The molecule has 0 unspecified atom stereocenters. The van der Waals surface area contributed by atoms with Gasteiger partial charge in [-0.05, 0) is 57.0 Å². The molecule has 1 aromatic heterocycles. The number of methoxy groups -OCH3 is 1. The van der Waals surface area contributed by atoms with Crippen molar-refractivity contribution in [1.29, 1.82) is 0 Å². The molecule has 0 spiro atoms. The fraction of sp³-hybridized carbons (Fsp3) is 0.591. The highest BCUT2D eigenvalue weighted by atomic mass is 16.5. The van der Waals surface area contributed by atoms with Crippen LogP contribution in [0.2, 0.25) is 0 Å². The van der Waals surface area contributed by atoms with Crippen molar-refractivity contribution in [3.8, 4) is 5.75 Å². The molecule has 2 aromatic rings. The van der Waals surface area contributed by atoms with Crippen molar-refractivity contribution in [1.82, 2.24) is 9.88 Å². The van der Waals surface area contributed by atoms with E-state index in [1.165, 1.54) is 31.2 Å². The average Bonchev–Trinajstić information content (AvgIpc) is 2.97. The molecule has 2 aliphatic rings. The van der Waals surface area contributed by atoms with E-state index in [0.717, 1.165) is 48.5 Å². The Labute approximate surface area is 161 Å². The molecule has 0 amide bonds. The summed E-state index contributed by atoms with van der Waals surface area (Å²) in [5.41, 5.74) is 2.09. The van der Waals surface area contributed by atoms with Crippen LogP contribution in [0.3, 0.4) is 0 Å². The summed E-state index contributed by atoms with van der Waals surface area (Å²) in [4.78, 5) is 9.65. The van der Waals surface area contributed by atoms with Crippen LogP contribution in [-0.4, -0.2) is 60.4 Å². The number of β-amino-alcohol motifs (C(OH)–C–C–N with tert-alkyl or cyclic N) is 1. The average molecular weight is 370 g/mol. The van der Waals surface area contributed by atoms with Crippen molar-refractivity contribution >= 4 is 16.7 Å². The molecule has 2 aliphatic heterocycles. The van der Waals surface area contributed by atoms with Crippen molar-refractivity contribution in [2.24, 2.45) is 0 Å². The van der Waals surface area contributed by atoms with Crippen LogP contribution < -0.4 is 9.64 Å². The Morgan fingerprint density at radius 2 is 1.89 bits per heavy atom. The first kappa shape index (κ1) is 18.5. The summed E-state index contributed by atoms with van der Waals surface area (Å²) < 4.78 is 5.52. The highest BCUT2D eigenvalue weighted by Crippen LogP contribution is 2.31. The molecule has 1 aromatic carbocycles.